The molecule has 2 aromatic rings. The van der Waals surface area contributed by atoms with Crippen molar-refractivity contribution in [1.82, 2.24) is 10.2 Å². The molecule has 0 radical (unpaired) electrons. The topological polar surface area (TPSA) is 36.9 Å². The van der Waals surface area contributed by atoms with Gasteiger partial charge < -0.3 is 15.0 Å². The fourth-order valence-corrected chi connectivity index (χ4v) is 3.12. The van der Waals surface area contributed by atoms with Gasteiger partial charge in [0.15, 0.2) is 5.96 Å². The van der Waals surface area contributed by atoms with E-state index in [9.17, 15) is 0 Å². The summed E-state index contributed by atoms with van der Waals surface area (Å²) in [7, 11) is 3.93. The Hall–Kier alpha value is -1.34. The van der Waals surface area contributed by atoms with Crippen LogP contribution in [-0.2, 0) is 11.3 Å². The van der Waals surface area contributed by atoms with Gasteiger partial charge >= 0.3 is 0 Å². The molecule has 4 nitrogen and oxygen atoms in total. The van der Waals surface area contributed by atoms with E-state index in [-0.39, 0.29) is 24.0 Å². The van der Waals surface area contributed by atoms with Crippen molar-refractivity contribution in [3.63, 3.8) is 0 Å². The highest BCUT2D eigenvalue weighted by atomic mass is 127. The Morgan fingerprint density at radius 2 is 2.04 bits per heavy atom. The van der Waals surface area contributed by atoms with Gasteiger partial charge in [-0.2, -0.15) is 0 Å². The van der Waals surface area contributed by atoms with Crippen LogP contribution in [0, 0.1) is 5.92 Å². The summed E-state index contributed by atoms with van der Waals surface area (Å²) in [6, 6.07) is 15.0. The molecule has 0 aromatic heterocycles. The van der Waals surface area contributed by atoms with E-state index in [1.165, 1.54) is 16.3 Å². The van der Waals surface area contributed by atoms with Gasteiger partial charge in [-0.05, 0) is 28.8 Å². The van der Waals surface area contributed by atoms with Gasteiger partial charge in [0.05, 0.1) is 6.61 Å². The van der Waals surface area contributed by atoms with Crippen molar-refractivity contribution >= 4 is 40.7 Å². The number of rotatable bonds is 4. The molecule has 0 spiro atoms. The number of nitrogens with one attached hydrogen (secondary N) is 1. The number of halogens is 1. The van der Waals surface area contributed by atoms with E-state index in [4.69, 9.17) is 4.74 Å². The SMILES string of the molecule is CN=C(NCc1ccc2ccccc2c1)N(C)CC1CCOC1.I. The quantitative estimate of drug-likeness (QED) is 0.450. The average molecular weight is 439 g/mol. The molecule has 0 bridgehead atoms. The summed E-state index contributed by atoms with van der Waals surface area (Å²) in [5.41, 5.74) is 1.27. The van der Waals surface area contributed by atoms with E-state index in [0.29, 0.717) is 5.92 Å². The van der Waals surface area contributed by atoms with Gasteiger partial charge in [0.1, 0.15) is 0 Å². The third-order valence-electron chi connectivity index (χ3n) is 4.39. The molecule has 1 saturated heterocycles. The van der Waals surface area contributed by atoms with Crippen molar-refractivity contribution in [3.8, 4) is 0 Å². The standard InChI is InChI=1S/C19H25N3O.HI/c1-20-19(22(2)13-16-9-10-23-14-16)21-12-15-7-8-17-5-3-4-6-18(17)11-15;/h3-8,11,16H,9-10,12-14H2,1-2H3,(H,20,21);1H. The Bertz CT molecular complexity index is 683. The number of fused-ring (bicyclic) bond motifs is 1. The van der Waals surface area contributed by atoms with Gasteiger partial charge in [-0.3, -0.25) is 4.99 Å². The second-order valence-electron chi connectivity index (χ2n) is 6.19. The van der Waals surface area contributed by atoms with E-state index in [2.05, 4.69) is 64.7 Å². The van der Waals surface area contributed by atoms with Gasteiger partial charge in [0, 0.05) is 39.7 Å². The lowest BCUT2D eigenvalue weighted by molar-refractivity contribution is 0.181. The van der Waals surface area contributed by atoms with Crippen molar-refractivity contribution in [2.24, 2.45) is 10.9 Å². The first-order valence-corrected chi connectivity index (χ1v) is 8.23. The van der Waals surface area contributed by atoms with Crippen LogP contribution in [0.4, 0.5) is 0 Å². The summed E-state index contributed by atoms with van der Waals surface area (Å²) in [6.07, 6.45) is 1.14. The molecule has 24 heavy (non-hydrogen) atoms. The van der Waals surface area contributed by atoms with Gasteiger partial charge in [0.2, 0.25) is 0 Å². The molecule has 1 unspecified atom stereocenters. The summed E-state index contributed by atoms with van der Waals surface area (Å²) < 4.78 is 5.45. The zero-order valence-corrected chi connectivity index (χ0v) is 16.7. The molecular weight excluding hydrogens is 413 g/mol. The highest BCUT2D eigenvalue weighted by Crippen LogP contribution is 2.16. The maximum absolute atomic E-state index is 5.45. The Morgan fingerprint density at radius 1 is 1.25 bits per heavy atom. The number of hydrogen-bond donors (Lipinski definition) is 1. The van der Waals surface area contributed by atoms with Crippen LogP contribution < -0.4 is 5.32 Å². The number of ether oxygens (including phenoxy) is 1. The Kier molecular flexibility index (Phi) is 7.30. The van der Waals surface area contributed by atoms with Crippen LogP contribution in [0.15, 0.2) is 47.5 Å². The van der Waals surface area contributed by atoms with Crippen LogP contribution in [-0.4, -0.2) is 44.7 Å². The minimum absolute atomic E-state index is 0. The fourth-order valence-electron chi connectivity index (χ4n) is 3.12. The van der Waals surface area contributed by atoms with Crippen LogP contribution in [0.25, 0.3) is 10.8 Å². The second-order valence-corrected chi connectivity index (χ2v) is 6.19. The normalized spacial score (nSPS) is 17.6. The molecular formula is C19H26IN3O. The van der Waals surface area contributed by atoms with E-state index < -0.39 is 0 Å². The first-order chi connectivity index (χ1) is 11.3. The minimum Gasteiger partial charge on any atom is -0.381 e. The molecule has 0 aliphatic carbocycles. The Labute approximate surface area is 161 Å². The molecule has 130 valence electrons. The van der Waals surface area contributed by atoms with Gasteiger partial charge in [-0.15, -0.1) is 24.0 Å². The third kappa shape index (κ3) is 4.83. The molecule has 1 aliphatic heterocycles. The van der Waals surface area contributed by atoms with Gasteiger partial charge in [-0.1, -0.05) is 36.4 Å². The van der Waals surface area contributed by atoms with Gasteiger partial charge in [-0.25, -0.2) is 0 Å². The maximum Gasteiger partial charge on any atom is 0.193 e. The molecule has 1 aliphatic rings. The first kappa shape index (κ1) is 19.0. The zero-order chi connectivity index (χ0) is 16.1. The molecule has 1 atom stereocenters. The molecule has 2 aromatic carbocycles. The zero-order valence-electron chi connectivity index (χ0n) is 14.4. The number of hydrogen-bond acceptors (Lipinski definition) is 2. The predicted molar refractivity (Wildman–Crippen MR) is 111 cm³/mol. The lowest BCUT2D eigenvalue weighted by atomic mass is 10.1. The maximum atomic E-state index is 5.45. The lowest BCUT2D eigenvalue weighted by Crippen LogP contribution is -2.41. The minimum atomic E-state index is 0. The molecule has 1 fully saturated rings. The summed E-state index contributed by atoms with van der Waals surface area (Å²) >= 11 is 0. The monoisotopic (exact) mass is 439 g/mol. The smallest absolute Gasteiger partial charge is 0.193 e. The molecule has 5 heteroatoms. The number of aliphatic imine (C=N–C) groups is 1. The van der Waals surface area contributed by atoms with Gasteiger partial charge in [0.25, 0.3) is 0 Å². The molecule has 1 N–H and O–H groups in total. The van der Waals surface area contributed by atoms with E-state index in [0.717, 1.165) is 38.7 Å². The van der Waals surface area contributed by atoms with Crippen molar-refractivity contribution in [2.45, 2.75) is 13.0 Å². The number of guanidine groups is 1. The number of nitrogens with zero attached hydrogens (tertiary/aromatic N) is 2. The Balaban J connectivity index is 0.00000208. The van der Waals surface area contributed by atoms with Crippen molar-refractivity contribution in [3.05, 3.63) is 48.0 Å². The van der Waals surface area contributed by atoms with E-state index in [1.807, 2.05) is 7.05 Å². The van der Waals surface area contributed by atoms with Crippen LogP contribution in [0.1, 0.15) is 12.0 Å². The Morgan fingerprint density at radius 3 is 2.75 bits per heavy atom. The number of benzene rings is 2. The van der Waals surface area contributed by atoms with E-state index >= 15 is 0 Å². The second kappa shape index (κ2) is 9.22. The average Bonchev–Trinajstić information content (AvgIpc) is 3.08. The molecule has 3 rings (SSSR count). The lowest BCUT2D eigenvalue weighted by Gasteiger charge is -2.24. The van der Waals surface area contributed by atoms with Crippen molar-refractivity contribution < 1.29 is 4.74 Å². The van der Waals surface area contributed by atoms with Crippen LogP contribution in [0.3, 0.4) is 0 Å². The fraction of sp³-hybridized carbons (Fsp3) is 0.421. The largest absolute Gasteiger partial charge is 0.381 e. The van der Waals surface area contributed by atoms with Crippen LogP contribution in [0.2, 0.25) is 0 Å². The summed E-state index contributed by atoms with van der Waals surface area (Å²) in [6.45, 7) is 3.52. The van der Waals surface area contributed by atoms with Crippen LogP contribution >= 0.6 is 24.0 Å². The summed E-state index contributed by atoms with van der Waals surface area (Å²) in [5.74, 6) is 1.55. The molecule has 1 heterocycles. The molecule has 0 saturated carbocycles. The summed E-state index contributed by atoms with van der Waals surface area (Å²) in [4.78, 5) is 6.59. The predicted octanol–water partition coefficient (Wildman–Crippen LogP) is 3.50. The highest BCUT2D eigenvalue weighted by Gasteiger charge is 2.18. The van der Waals surface area contributed by atoms with E-state index in [1.54, 1.807) is 0 Å². The van der Waals surface area contributed by atoms with Crippen molar-refractivity contribution in [2.75, 3.05) is 33.9 Å². The highest BCUT2D eigenvalue weighted by molar-refractivity contribution is 14.0. The first-order valence-electron chi connectivity index (χ1n) is 8.23. The van der Waals surface area contributed by atoms with Crippen LogP contribution in [0.5, 0.6) is 0 Å². The van der Waals surface area contributed by atoms with Crippen molar-refractivity contribution in [1.29, 1.82) is 0 Å². The molecule has 0 amide bonds. The summed E-state index contributed by atoms with van der Waals surface area (Å²) in [5, 5.41) is 6.01. The third-order valence-corrected chi connectivity index (χ3v) is 4.39.